The zero-order valence-corrected chi connectivity index (χ0v) is 15.1. The first-order chi connectivity index (χ1) is 11.7. The number of hydrogen-bond donors (Lipinski definition) is 1. The fraction of sp³-hybridized carbons (Fsp3) is 0.588. The molecule has 1 aromatic rings. The Bertz CT molecular complexity index is 634. The number of methoxy groups -OCH3 is 1. The van der Waals surface area contributed by atoms with Gasteiger partial charge in [-0.1, -0.05) is 0 Å². The molecule has 0 unspecified atom stereocenters. The predicted molar refractivity (Wildman–Crippen MR) is 94.1 cm³/mol. The predicted octanol–water partition coefficient (Wildman–Crippen LogP) is 3.41. The Hall–Kier alpha value is -2.51. The average molecular weight is 351 g/mol. The van der Waals surface area contributed by atoms with Gasteiger partial charge in [0.05, 0.1) is 12.0 Å². The summed E-state index contributed by atoms with van der Waals surface area (Å²) in [5, 5.41) is 14.3. The lowest BCUT2D eigenvalue weighted by atomic mass is 10.0. The van der Waals surface area contributed by atoms with Gasteiger partial charge >= 0.3 is 11.8 Å². The largest absolute Gasteiger partial charge is 0.490 e. The molecule has 1 fully saturated rings. The summed E-state index contributed by atoms with van der Waals surface area (Å²) in [6.45, 7) is 6.76. The van der Waals surface area contributed by atoms with Crippen LogP contribution in [0.1, 0.15) is 33.6 Å². The van der Waals surface area contributed by atoms with Crippen LogP contribution in [0.5, 0.6) is 5.75 Å². The molecule has 1 heterocycles. The Morgan fingerprint density at radius 1 is 1.32 bits per heavy atom. The molecule has 138 valence electrons. The van der Waals surface area contributed by atoms with Crippen molar-refractivity contribution in [3.8, 4) is 5.75 Å². The van der Waals surface area contributed by atoms with E-state index in [9.17, 15) is 14.9 Å². The van der Waals surface area contributed by atoms with E-state index in [0.717, 1.165) is 18.5 Å². The van der Waals surface area contributed by atoms with Crippen LogP contribution in [0.4, 0.5) is 16.2 Å². The molecule has 1 aliphatic rings. The van der Waals surface area contributed by atoms with Gasteiger partial charge in [-0.15, -0.1) is 0 Å². The first-order valence-electron chi connectivity index (χ1n) is 8.26. The van der Waals surface area contributed by atoms with E-state index in [1.807, 2.05) is 20.8 Å². The van der Waals surface area contributed by atoms with E-state index in [4.69, 9.17) is 9.47 Å². The van der Waals surface area contributed by atoms with Gasteiger partial charge in [-0.2, -0.15) is 0 Å². The molecule has 0 aromatic heterocycles. The van der Waals surface area contributed by atoms with E-state index in [2.05, 4.69) is 5.32 Å². The fourth-order valence-electron chi connectivity index (χ4n) is 2.69. The maximum atomic E-state index is 12.1. The molecule has 1 saturated heterocycles. The minimum atomic E-state index is -0.499. The molecule has 25 heavy (non-hydrogen) atoms. The van der Waals surface area contributed by atoms with Crippen molar-refractivity contribution in [1.82, 2.24) is 4.90 Å². The molecule has 1 N–H and O–H groups in total. The average Bonchev–Trinajstić information content (AvgIpc) is 2.53. The Labute approximate surface area is 147 Å². The molecule has 2 rings (SSSR count). The zero-order chi connectivity index (χ0) is 18.6. The van der Waals surface area contributed by atoms with Gasteiger partial charge in [0.25, 0.3) is 0 Å². The third-order valence-electron chi connectivity index (χ3n) is 3.89. The quantitative estimate of drug-likeness (QED) is 0.660. The molecule has 0 radical (unpaired) electrons. The summed E-state index contributed by atoms with van der Waals surface area (Å²) in [4.78, 5) is 24.2. The molecule has 0 aliphatic carbocycles. The third kappa shape index (κ3) is 5.23. The normalized spacial score (nSPS) is 15.6. The molecular formula is C17H25N3O5. The minimum Gasteiger partial charge on any atom is -0.490 e. The van der Waals surface area contributed by atoms with Gasteiger partial charge in [-0.3, -0.25) is 10.1 Å². The van der Waals surface area contributed by atoms with Crippen LogP contribution in [0.2, 0.25) is 0 Å². The summed E-state index contributed by atoms with van der Waals surface area (Å²) in [6.07, 6.45) is 1.26. The van der Waals surface area contributed by atoms with Crippen molar-refractivity contribution < 1.29 is 19.2 Å². The molecule has 1 amide bonds. The molecule has 0 atom stereocenters. The van der Waals surface area contributed by atoms with Crippen LogP contribution in [-0.4, -0.2) is 47.8 Å². The van der Waals surface area contributed by atoms with E-state index < -0.39 is 10.5 Å². The van der Waals surface area contributed by atoms with Gasteiger partial charge in [-0.25, -0.2) is 4.79 Å². The number of nitro groups is 1. The summed E-state index contributed by atoms with van der Waals surface area (Å²) in [7, 11) is 1.41. The highest BCUT2D eigenvalue weighted by molar-refractivity contribution is 5.68. The number of nitrogens with zero attached hydrogens (tertiary/aromatic N) is 2. The van der Waals surface area contributed by atoms with E-state index in [1.54, 1.807) is 17.0 Å². The number of carbonyl (C=O) groups excluding carboxylic acids is 1. The molecule has 0 spiro atoms. The van der Waals surface area contributed by atoms with Gasteiger partial charge < -0.3 is 19.7 Å². The van der Waals surface area contributed by atoms with Gasteiger partial charge in [0, 0.05) is 37.0 Å². The lowest BCUT2D eigenvalue weighted by Crippen LogP contribution is -2.44. The van der Waals surface area contributed by atoms with Crippen LogP contribution in [0, 0.1) is 10.1 Å². The third-order valence-corrected chi connectivity index (χ3v) is 3.89. The van der Waals surface area contributed by atoms with Gasteiger partial charge in [-0.05, 0) is 39.7 Å². The Balaban J connectivity index is 1.92. The summed E-state index contributed by atoms with van der Waals surface area (Å²) in [5.74, 6) is 0.223. The lowest BCUT2D eigenvalue weighted by molar-refractivity contribution is -0.385. The number of anilines is 1. The van der Waals surface area contributed by atoms with Crippen LogP contribution < -0.4 is 10.1 Å². The van der Waals surface area contributed by atoms with E-state index in [0.29, 0.717) is 13.1 Å². The highest BCUT2D eigenvalue weighted by Crippen LogP contribution is 2.30. The molecule has 8 nitrogen and oxygen atoms in total. The molecule has 0 saturated carbocycles. The number of nitro benzene ring substituents is 1. The van der Waals surface area contributed by atoms with Crippen molar-refractivity contribution in [3.05, 3.63) is 28.3 Å². The zero-order valence-electron chi connectivity index (χ0n) is 15.1. The summed E-state index contributed by atoms with van der Waals surface area (Å²) in [5.41, 5.74) is 0.201. The molecule has 1 aromatic carbocycles. The van der Waals surface area contributed by atoms with Crippen LogP contribution in [0.25, 0.3) is 0 Å². The maximum Gasteiger partial charge on any atom is 0.410 e. The van der Waals surface area contributed by atoms with Crippen molar-refractivity contribution in [2.75, 3.05) is 25.5 Å². The number of ether oxygens (including phenoxy) is 2. The monoisotopic (exact) mass is 351 g/mol. The Morgan fingerprint density at radius 3 is 2.48 bits per heavy atom. The highest BCUT2D eigenvalue weighted by Gasteiger charge is 2.27. The topological polar surface area (TPSA) is 93.9 Å². The molecule has 8 heteroatoms. The fourth-order valence-corrected chi connectivity index (χ4v) is 2.69. The van der Waals surface area contributed by atoms with Crippen LogP contribution in [0.15, 0.2) is 18.2 Å². The summed E-state index contributed by atoms with van der Waals surface area (Å²) >= 11 is 0. The van der Waals surface area contributed by atoms with Gasteiger partial charge in [0.2, 0.25) is 0 Å². The van der Waals surface area contributed by atoms with Gasteiger partial charge in [0.15, 0.2) is 5.75 Å². The lowest BCUT2D eigenvalue weighted by Gasteiger charge is -2.34. The molecular weight excluding hydrogens is 326 g/mol. The first kappa shape index (κ1) is 18.8. The summed E-state index contributed by atoms with van der Waals surface area (Å²) < 4.78 is 10.5. The van der Waals surface area contributed by atoms with E-state index in [-0.39, 0.29) is 23.6 Å². The summed E-state index contributed by atoms with van der Waals surface area (Å²) in [6, 6.07) is 4.90. The van der Waals surface area contributed by atoms with Gasteiger partial charge in [0.1, 0.15) is 5.60 Å². The number of amides is 1. The van der Waals surface area contributed by atoms with Crippen molar-refractivity contribution in [2.24, 2.45) is 0 Å². The van der Waals surface area contributed by atoms with Crippen LogP contribution >= 0.6 is 0 Å². The van der Waals surface area contributed by atoms with E-state index in [1.165, 1.54) is 13.2 Å². The number of piperidine rings is 1. The van der Waals surface area contributed by atoms with E-state index >= 15 is 0 Å². The Kier molecular flexibility index (Phi) is 5.71. The SMILES string of the molecule is COc1cc(NC2CCN(C(=O)OC(C)(C)C)CC2)ccc1[N+](=O)[O-]. The van der Waals surface area contributed by atoms with Crippen molar-refractivity contribution in [1.29, 1.82) is 0 Å². The standard InChI is InChI=1S/C17H25N3O5/c1-17(2,3)25-16(21)19-9-7-12(8-10-19)18-13-5-6-14(20(22)23)15(11-13)24-4/h5-6,11-12,18H,7-10H2,1-4H3. The Morgan fingerprint density at radius 2 is 1.96 bits per heavy atom. The molecule has 1 aliphatic heterocycles. The number of hydrogen-bond acceptors (Lipinski definition) is 6. The second-order valence-corrected chi connectivity index (χ2v) is 7.03. The number of benzene rings is 1. The van der Waals surface area contributed by atoms with Crippen molar-refractivity contribution in [2.45, 2.75) is 45.3 Å². The first-order valence-corrected chi connectivity index (χ1v) is 8.26. The van der Waals surface area contributed by atoms with Crippen molar-refractivity contribution in [3.63, 3.8) is 0 Å². The number of rotatable bonds is 4. The second kappa shape index (κ2) is 7.58. The number of nitrogens with one attached hydrogen (secondary N) is 1. The van der Waals surface area contributed by atoms with Crippen LogP contribution in [-0.2, 0) is 4.74 Å². The van der Waals surface area contributed by atoms with Crippen LogP contribution in [0.3, 0.4) is 0 Å². The highest BCUT2D eigenvalue weighted by atomic mass is 16.6. The second-order valence-electron chi connectivity index (χ2n) is 7.03. The maximum absolute atomic E-state index is 12.1. The molecule has 0 bridgehead atoms. The van der Waals surface area contributed by atoms with Crippen molar-refractivity contribution >= 4 is 17.5 Å². The smallest absolute Gasteiger partial charge is 0.410 e. The minimum absolute atomic E-state index is 0.0622. The number of likely N-dealkylation sites (tertiary alicyclic amines) is 1. The number of carbonyl (C=O) groups is 1.